The van der Waals surface area contributed by atoms with Crippen LogP contribution < -0.4 is 0 Å². The van der Waals surface area contributed by atoms with E-state index in [1.807, 2.05) is 24.7 Å². The Bertz CT molecular complexity index is 747. The molecule has 0 aliphatic carbocycles. The fraction of sp³-hybridized carbons (Fsp3) is 0.556. The van der Waals surface area contributed by atoms with Gasteiger partial charge in [0.05, 0.1) is 5.69 Å². The van der Waals surface area contributed by atoms with Gasteiger partial charge in [-0.1, -0.05) is 6.58 Å². The molecule has 6 heteroatoms. The Balaban J connectivity index is 1.56. The van der Waals surface area contributed by atoms with Crippen LogP contribution in [0.3, 0.4) is 0 Å². The Labute approximate surface area is 142 Å². The number of nitrogens with zero attached hydrogens (tertiary/aromatic N) is 5. The van der Waals surface area contributed by atoms with E-state index < -0.39 is 5.60 Å². The first-order valence-corrected chi connectivity index (χ1v) is 8.63. The van der Waals surface area contributed by atoms with Crippen molar-refractivity contribution in [3.05, 3.63) is 42.3 Å². The number of rotatable bonds is 4. The molecular formula is C18H25N5O. The van der Waals surface area contributed by atoms with Crippen LogP contribution in [0.15, 0.2) is 25.2 Å². The standard InChI is InChI=1S/C18H25N5O/c1-4-22-11-14(13(2)20-22)12-23-15-5-6-16(23)10-18(24,9-15)17-19-7-8-21(17)3/h4,7-8,11,15-16,24H,1,5-6,9-10,12H2,2-3H3/t15-,16+,18?. The summed E-state index contributed by atoms with van der Waals surface area (Å²) in [5.74, 6) is 0.801. The summed E-state index contributed by atoms with van der Waals surface area (Å²) in [6.45, 7) is 6.72. The Morgan fingerprint density at radius 2 is 2.08 bits per heavy atom. The first-order valence-electron chi connectivity index (χ1n) is 8.63. The number of imidazole rings is 1. The van der Waals surface area contributed by atoms with Gasteiger partial charge in [-0.25, -0.2) is 9.67 Å². The molecule has 2 aromatic heterocycles. The van der Waals surface area contributed by atoms with Crippen molar-refractivity contribution < 1.29 is 5.11 Å². The molecule has 3 atom stereocenters. The van der Waals surface area contributed by atoms with Crippen LogP contribution in [-0.2, 0) is 19.2 Å². The van der Waals surface area contributed by atoms with Crippen LogP contribution in [0.1, 0.15) is 42.8 Å². The van der Waals surface area contributed by atoms with Crippen molar-refractivity contribution >= 4 is 6.20 Å². The molecule has 0 aromatic carbocycles. The van der Waals surface area contributed by atoms with Crippen molar-refractivity contribution in [3.8, 4) is 0 Å². The summed E-state index contributed by atoms with van der Waals surface area (Å²) in [5, 5.41) is 15.7. The maximum absolute atomic E-state index is 11.2. The number of hydrogen-bond donors (Lipinski definition) is 1. The zero-order chi connectivity index (χ0) is 16.9. The third kappa shape index (κ3) is 2.41. The summed E-state index contributed by atoms with van der Waals surface area (Å²) < 4.78 is 3.73. The number of aryl methyl sites for hydroxylation is 2. The lowest BCUT2D eigenvalue weighted by molar-refractivity contribution is -0.0669. The van der Waals surface area contributed by atoms with Gasteiger partial charge in [0.25, 0.3) is 0 Å². The van der Waals surface area contributed by atoms with E-state index in [1.54, 1.807) is 17.1 Å². The molecule has 24 heavy (non-hydrogen) atoms. The summed E-state index contributed by atoms with van der Waals surface area (Å²) in [6.07, 6.45) is 11.3. The number of fused-ring (bicyclic) bond motifs is 2. The molecule has 128 valence electrons. The molecular weight excluding hydrogens is 302 g/mol. The fourth-order valence-electron chi connectivity index (χ4n) is 4.54. The van der Waals surface area contributed by atoms with Gasteiger partial charge >= 0.3 is 0 Å². The minimum atomic E-state index is -0.805. The molecule has 0 radical (unpaired) electrons. The quantitative estimate of drug-likeness (QED) is 0.933. The monoisotopic (exact) mass is 327 g/mol. The lowest BCUT2D eigenvalue weighted by Gasteiger charge is -2.43. The first-order chi connectivity index (χ1) is 11.5. The number of aliphatic hydroxyl groups is 1. The SMILES string of the molecule is C=Cn1cc(CN2[C@@H]3CC[C@H]2CC(O)(c2nccn2C)C3)c(C)n1. The molecule has 2 aliphatic heterocycles. The highest BCUT2D eigenvalue weighted by molar-refractivity contribution is 5.24. The normalized spacial score (nSPS) is 30.0. The van der Waals surface area contributed by atoms with Crippen LogP contribution in [0.25, 0.3) is 6.20 Å². The van der Waals surface area contributed by atoms with Gasteiger partial charge in [-0.2, -0.15) is 5.10 Å². The summed E-state index contributed by atoms with van der Waals surface area (Å²) >= 11 is 0. The zero-order valence-electron chi connectivity index (χ0n) is 14.4. The Hall–Kier alpha value is -1.92. The van der Waals surface area contributed by atoms with E-state index in [2.05, 4.69) is 27.8 Å². The first kappa shape index (κ1) is 15.6. The van der Waals surface area contributed by atoms with Gasteiger partial charge in [-0.3, -0.25) is 4.90 Å². The second-order valence-corrected chi connectivity index (χ2v) is 7.26. The van der Waals surface area contributed by atoms with Gasteiger partial charge in [-0.05, 0) is 32.6 Å². The van der Waals surface area contributed by atoms with E-state index >= 15 is 0 Å². The van der Waals surface area contributed by atoms with Crippen LogP contribution in [0.5, 0.6) is 0 Å². The van der Waals surface area contributed by atoms with Crippen molar-refractivity contribution in [2.24, 2.45) is 7.05 Å². The molecule has 4 heterocycles. The van der Waals surface area contributed by atoms with Gasteiger partial charge in [0.1, 0.15) is 11.4 Å². The van der Waals surface area contributed by atoms with E-state index in [0.717, 1.165) is 43.7 Å². The maximum Gasteiger partial charge on any atom is 0.140 e. The maximum atomic E-state index is 11.2. The molecule has 2 aromatic rings. The van der Waals surface area contributed by atoms with Crippen LogP contribution in [-0.4, -0.2) is 41.4 Å². The van der Waals surface area contributed by atoms with Gasteiger partial charge in [0.2, 0.25) is 0 Å². The summed E-state index contributed by atoms with van der Waals surface area (Å²) in [4.78, 5) is 6.97. The van der Waals surface area contributed by atoms with Crippen LogP contribution >= 0.6 is 0 Å². The van der Waals surface area contributed by atoms with Crippen LogP contribution in [0.2, 0.25) is 0 Å². The summed E-state index contributed by atoms with van der Waals surface area (Å²) in [7, 11) is 1.96. The van der Waals surface area contributed by atoms with E-state index in [-0.39, 0.29) is 0 Å². The second kappa shape index (κ2) is 5.57. The van der Waals surface area contributed by atoms with Gasteiger partial charge in [0, 0.05) is 56.0 Å². The lowest BCUT2D eigenvalue weighted by Crippen LogP contribution is -2.50. The molecule has 1 N–H and O–H groups in total. The lowest BCUT2D eigenvalue weighted by atomic mass is 9.85. The molecule has 2 bridgehead atoms. The largest absolute Gasteiger partial charge is 0.382 e. The minimum absolute atomic E-state index is 0.400. The third-order valence-corrected chi connectivity index (χ3v) is 5.71. The number of hydrogen-bond acceptors (Lipinski definition) is 4. The second-order valence-electron chi connectivity index (χ2n) is 7.26. The van der Waals surface area contributed by atoms with Crippen molar-refractivity contribution in [1.29, 1.82) is 0 Å². The Kier molecular flexibility index (Phi) is 3.62. The Morgan fingerprint density at radius 1 is 1.38 bits per heavy atom. The molecule has 1 unspecified atom stereocenters. The average molecular weight is 327 g/mol. The highest BCUT2D eigenvalue weighted by Crippen LogP contribution is 2.45. The van der Waals surface area contributed by atoms with Crippen LogP contribution in [0, 0.1) is 6.92 Å². The van der Waals surface area contributed by atoms with Crippen molar-refractivity contribution in [2.45, 2.75) is 56.8 Å². The van der Waals surface area contributed by atoms with E-state index in [4.69, 9.17) is 0 Å². The van der Waals surface area contributed by atoms with Crippen molar-refractivity contribution in [3.63, 3.8) is 0 Å². The average Bonchev–Trinajstić information content (AvgIpc) is 3.19. The molecule has 2 saturated heterocycles. The minimum Gasteiger partial charge on any atom is -0.382 e. The fourth-order valence-corrected chi connectivity index (χ4v) is 4.54. The zero-order valence-corrected chi connectivity index (χ0v) is 14.4. The third-order valence-electron chi connectivity index (χ3n) is 5.71. The molecule has 0 amide bonds. The van der Waals surface area contributed by atoms with E-state index in [1.165, 1.54) is 5.56 Å². The van der Waals surface area contributed by atoms with Crippen molar-refractivity contribution in [2.75, 3.05) is 0 Å². The number of aromatic nitrogens is 4. The van der Waals surface area contributed by atoms with Gasteiger partial charge in [0.15, 0.2) is 0 Å². The predicted molar refractivity (Wildman–Crippen MR) is 92.0 cm³/mol. The summed E-state index contributed by atoms with van der Waals surface area (Å²) in [6, 6.07) is 0.800. The number of piperidine rings is 1. The molecule has 6 nitrogen and oxygen atoms in total. The van der Waals surface area contributed by atoms with Gasteiger partial charge in [-0.15, -0.1) is 0 Å². The molecule has 0 saturated carbocycles. The highest BCUT2D eigenvalue weighted by Gasteiger charge is 2.49. The highest BCUT2D eigenvalue weighted by atomic mass is 16.3. The summed E-state index contributed by atoms with van der Waals surface area (Å²) in [5.41, 5.74) is 1.49. The van der Waals surface area contributed by atoms with Gasteiger partial charge < -0.3 is 9.67 Å². The van der Waals surface area contributed by atoms with Crippen LogP contribution in [0.4, 0.5) is 0 Å². The molecule has 2 aliphatic rings. The van der Waals surface area contributed by atoms with E-state index in [9.17, 15) is 5.11 Å². The molecule has 0 spiro atoms. The predicted octanol–water partition coefficient (Wildman–Crippen LogP) is 2.04. The van der Waals surface area contributed by atoms with Crippen molar-refractivity contribution in [1.82, 2.24) is 24.2 Å². The molecule has 4 rings (SSSR count). The molecule has 2 fully saturated rings. The smallest absolute Gasteiger partial charge is 0.140 e. The Morgan fingerprint density at radius 3 is 2.62 bits per heavy atom. The topological polar surface area (TPSA) is 59.1 Å². The van der Waals surface area contributed by atoms with E-state index in [0.29, 0.717) is 12.1 Å².